The molecule has 2 aromatic rings. The number of carbonyl (C=O) groups is 1. The van der Waals surface area contributed by atoms with Crippen LogP contribution in [0.5, 0.6) is 0 Å². The zero-order valence-electron chi connectivity index (χ0n) is 15.5. The van der Waals surface area contributed by atoms with E-state index < -0.39 is 0 Å². The Hall–Kier alpha value is -1.99. The van der Waals surface area contributed by atoms with Crippen molar-refractivity contribution >= 4 is 17.5 Å². The van der Waals surface area contributed by atoms with Crippen LogP contribution in [0.25, 0.3) is 0 Å². The van der Waals surface area contributed by atoms with E-state index in [1.165, 1.54) is 12.1 Å². The summed E-state index contributed by atoms with van der Waals surface area (Å²) in [4.78, 5) is 14.8. The third-order valence-corrected chi connectivity index (χ3v) is 5.82. The van der Waals surface area contributed by atoms with Gasteiger partial charge in [0.2, 0.25) is 0 Å². The van der Waals surface area contributed by atoms with E-state index >= 15 is 0 Å². The Morgan fingerprint density at radius 1 is 1.04 bits per heavy atom. The number of hydrazine groups is 1. The summed E-state index contributed by atoms with van der Waals surface area (Å²) in [5.74, 6) is -0.263. The maximum atomic E-state index is 13.1. The lowest BCUT2D eigenvalue weighted by atomic mass is 10.0. The molecule has 0 aliphatic carbocycles. The number of likely N-dealkylation sites (tertiary alicyclic amines) is 1. The van der Waals surface area contributed by atoms with Gasteiger partial charge in [-0.05, 0) is 61.2 Å². The van der Waals surface area contributed by atoms with Crippen molar-refractivity contribution < 1.29 is 9.18 Å². The molecule has 2 heterocycles. The Bertz CT molecular complexity index is 806. The smallest absolute Gasteiger partial charge is 0.251 e. The van der Waals surface area contributed by atoms with Gasteiger partial charge in [0.1, 0.15) is 5.82 Å². The highest BCUT2D eigenvalue weighted by molar-refractivity contribution is 6.30. The Balaban J connectivity index is 1.26. The highest BCUT2D eigenvalue weighted by Gasteiger charge is 2.32. The van der Waals surface area contributed by atoms with Gasteiger partial charge in [0.05, 0.1) is 6.17 Å². The van der Waals surface area contributed by atoms with Gasteiger partial charge in [-0.3, -0.25) is 9.69 Å². The molecule has 2 atom stereocenters. The highest BCUT2D eigenvalue weighted by Crippen LogP contribution is 2.26. The first-order valence-corrected chi connectivity index (χ1v) is 10.0. The SMILES string of the molecule is O=C(NC1CCN(C2CC(c3ccc(F)cc3)NN2)CC1)c1ccc(Cl)cc1. The maximum absolute atomic E-state index is 13.1. The number of rotatable bonds is 4. The topological polar surface area (TPSA) is 56.4 Å². The minimum atomic E-state index is -0.214. The molecule has 2 fully saturated rings. The number of hydrogen-bond donors (Lipinski definition) is 3. The van der Waals surface area contributed by atoms with E-state index in [1.54, 1.807) is 24.3 Å². The van der Waals surface area contributed by atoms with Crippen molar-refractivity contribution in [2.45, 2.75) is 37.5 Å². The number of amides is 1. The van der Waals surface area contributed by atoms with Gasteiger partial charge in [0, 0.05) is 35.8 Å². The molecule has 1 amide bonds. The van der Waals surface area contributed by atoms with E-state index in [4.69, 9.17) is 11.6 Å². The molecule has 148 valence electrons. The van der Waals surface area contributed by atoms with Crippen LogP contribution in [0.1, 0.15) is 41.2 Å². The number of hydrogen-bond acceptors (Lipinski definition) is 4. The average Bonchev–Trinajstić information content (AvgIpc) is 3.20. The van der Waals surface area contributed by atoms with Crippen LogP contribution in [0.4, 0.5) is 4.39 Å². The molecular weight excluding hydrogens is 379 g/mol. The van der Waals surface area contributed by atoms with Gasteiger partial charge in [-0.1, -0.05) is 23.7 Å². The minimum absolute atomic E-state index is 0.0489. The fourth-order valence-corrected chi connectivity index (χ4v) is 4.04. The van der Waals surface area contributed by atoms with Crippen molar-refractivity contribution in [2.75, 3.05) is 13.1 Å². The zero-order chi connectivity index (χ0) is 19.5. The van der Waals surface area contributed by atoms with E-state index in [9.17, 15) is 9.18 Å². The molecule has 28 heavy (non-hydrogen) atoms. The van der Waals surface area contributed by atoms with E-state index in [1.807, 2.05) is 12.1 Å². The van der Waals surface area contributed by atoms with Crippen LogP contribution >= 0.6 is 11.6 Å². The first-order valence-electron chi connectivity index (χ1n) is 9.65. The molecular formula is C21H24ClFN4O. The quantitative estimate of drug-likeness (QED) is 0.735. The van der Waals surface area contributed by atoms with Crippen LogP contribution in [0.3, 0.4) is 0 Å². The van der Waals surface area contributed by atoms with Gasteiger partial charge in [0.25, 0.3) is 5.91 Å². The molecule has 7 heteroatoms. The molecule has 2 aromatic carbocycles. The highest BCUT2D eigenvalue weighted by atomic mass is 35.5. The zero-order valence-corrected chi connectivity index (χ0v) is 16.3. The molecule has 0 bridgehead atoms. The molecule has 2 aliphatic heterocycles. The second-order valence-electron chi connectivity index (χ2n) is 7.43. The summed E-state index contributed by atoms with van der Waals surface area (Å²) in [5.41, 5.74) is 8.39. The molecule has 2 aliphatic rings. The summed E-state index contributed by atoms with van der Waals surface area (Å²) in [6.07, 6.45) is 2.99. The summed E-state index contributed by atoms with van der Waals surface area (Å²) in [5, 5.41) is 3.75. The third-order valence-electron chi connectivity index (χ3n) is 5.57. The van der Waals surface area contributed by atoms with Crippen LogP contribution in [0, 0.1) is 5.82 Å². The van der Waals surface area contributed by atoms with Crippen molar-refractivity contribution in [1.29, 1.82) is 0 Å². The second kappa shape index (κ2) is 8.57. The molecule has 0 aromatic heterocycles. The molecule has 0 spiro atoms. The standard InChI is InChI=1S/C21H24ClFN4O/c22-16-5-1-15(2-6-16)21(28)24-18-9-11-27(12-10-18)20-13-19(25-26-20)14-3-7-17(23)8-4-14/h1-8,18-20,25-26H,9-13H2,(H,24,28). The fourth-order valence-electron chi connectivity index (χ4n) is 3.92. The summed E-state index contributed by atoms with van der Waals surface area (Å²) >= 11 is 5.88. The van der Waals surface area contributed by atoms with Gasteiger partial charge < -0.3 is 5.32 Å². The van der Waals surface area contributed by atoms with Gasteiger partial charge in [-0.25, -0.2) is 15.2 Å². The Kier molecular flexibility index (Phi) is 5.92. The Morgan fingerprint density at radius 2 is 1.71 bits per heavy atom. The predicted octanol–water partition coefficient (Wildman–Crippen LogP) is 3.24. The minimum Gasteiger partial charge on any atom is -0.349 e. The van der Waals surface area contributed by atoms with Crippen LogP contribution < -0.4 is 16.2 Å². The van der Waals surface area contributed by atoms with Crippen molar-refractivity contribution in [1.82, 2.24) is 21.1 Å². The average molecular weight is 403 g/mol. The molecule has 0 radical (unpaired) electrons. The van der Waals surface area contributed by atoms with Crippen LogP contribution in [0.2, 0.25) is 5.02 Å². The molecule has 2 saturated heterocycles. The number of piperidine rings is 1. The van der Waals surface area contributed by atoms with Gasteiger partial charge in [-0.2, -0.15) is 0 Å². The largest absolute Gasteiger partial charge is 0.349 e. The fraction of sp³-hybridized carbons (Fsp3) is 0.381. The van der Waals surface area contributed by atoms with E-state index in [0.717, 1.165) is 37.9 Å². The number of nitrogens with zero attached hydrogens (tertiary/aromatic N) is 1. The molecule has 4 rings (SSSR count). The lowest BCUT2D eigenvalue weighted by molar-refractivity contribution is 0.0880. The van der Waals surface area contributed by atoms with Crippen molar-refractivity contribution in [3.8, 4) is 0 Å². The number of carbonyl (C=O) groups excluding carboxylic acids is 1. The van der Waals surface area contributed by atoms with Gasteiger partial charge >= 0.3 is 0 Å². The van der Waals surface area contributed by atoms with E-state index in [2.05, 4.69) is 21.1 Å². The molecule has 0 saturated carbocycles. The molecule has 5 nitrogen and oxygen atoms in total. The van der Waals surface area contributed by atoms with E-state index in [-0.39, 0.29) is 30.0 Å². The predicted molar refractivity (Wildman–Crippen MR) is 107 cm³/mol. The van der Waals surface area contributed by atoms with Gasteiger partial charge in [0.15, 0.2) is 0 Å². The maximum Gasteiger partial charge on any atom is 0.251 e. The second-order valence-corrected chi connectivity index (χ2v) is 7.87. The normalized spacial score (nSPS) is 23.6. The Morgan fingerprint density at radius 3 is 2.39 bits per heavy atom. The number of halogens is 2. The molecule has 2 unspecified atom stereocenters. The molecule has 3 N–H and O–H groups in total. The van der Waals surface area contributed by atoms with Gasteiger partial charge in [-0.15, -0.1) is 0 Å². The third kappa shape index (κ3) is 4.52. The summed E-state index contributed by atoms with van der Waals surface area (Å²) in [6, 6.07) is 14.0. The van der Waals surface area contributed by atoms with Crippen molar-refractivity contribution in [2.24, 2.45) is 0 Å². The first kappa shape index (κ1) is 19.3. The summed E-state index contributed by atoms with van der Waals surface area (Å²) in [6.45, 7) is 1.84. The lowest BCUT2D eigenvalue weighted by Gasteiger charge is -2.35. The van der Waals surface area contributed by atoms with Crippen molar-refractivity contribution in [3.05, 3.63) is 70.5 Å². The monoisotopic (exact) mass is 402 g/mol. The number of benzene rings is 2. The number of nitrogens with one attached hydrogen (secondary N) is 3. The van der Waals surface area contributed by atoms with Crippen LogP contribution in [-0.2, 0) is 0 Å². The lowest BCUT2D eigenvalue weighted by Crippen LogP contribution is -2.51. The van der Waals surface area contributed by atoms with Crippen molar-refractivity contribution in [3.63, 3.8) is 0 Å². The van der Waals surface area contributed by atoms with E-state index in [0.29, 0.717) is 10.6 Å². The van der Waals surface area contributed by atoms with Crippen LogP contribution in [0.15, 0.2) is 48.5 Å². The Labute approximate surface area is 169 Å². The first-order chi connectivity index (χ1) is 13.6. The summed E-state index contributed by atoms with van der Waals surface area (Å²) < 4.78 is 13.1. The van der Waals surface area contributed by atoms with Crippen LogP contribution in [-0.4, -0.2) is 36.1 Å². The summed E-state index contributed by atoms with van der Waals surface area (Å²) in [7, 11) is 0.